The van der Waals surface area contributed by atoms with Crippen molar-refractivity contribution in [3.05, 3.63) is 35.4 Å². The Morgan fingerprint density at radius 3 is 2.37 bits per heavy atom. The fourth-order valence-electron chi connectivity index (χ4n) is 2.11. The zero-order chi connectivity index (χ0) is 14.1. The molecular formula is C16H28N2O. The highest BCUT2D eigenvalue weighted by atomic mass is 16.3. The van der Waals surface area contributed by atoms with E-state index in [9.17, 15) is 5.11 Å². The molecule has 0 aromatic heterocycles. The standard InChI is InChI=1S/C16H28N2O/c1-4-18(5-2)12-6-11-17-13-16(19)15-9-7-14(3)8-10-15/h7-10,16-17,19H,4-6,11-13H2,1-3H3. The number of nitrogens with one attached hydrogen (secondary N) is 1. The molecule has 0 aliphatic rings. The average molecular weight is 264 g/mol. The second kappa shape index (κ2) is 9.08. The first-order valence-corrected chi connectivity index (χ1v) is 7.35. The lowest BCUT2D eigenvalue weighted by molar-refractivity contribution is 0.174. The topological polar surface area (TPSA) is 35.5 Å². The van der Waals surface area contributed by atoms with E-state index in [0.717, 1.165) is 38.2 Å². The molecule has 1 atom stereocenters. The molecule has 0 aliphatic carbocycles. The number of rotatable bonds is 9. The van der Waals surface area contributed by atoms with Gasteiger partial charge in [0.2, 0.25) is 0 Å². The molecule has 0 bridgehead atoms. The van der Waals surface area contributed by atoms with Gasteiger partial charge in [0, 0.05) is 6.54 Å². The summed E-state index contributed by atoms with van der Waals surface area (Å²) in [5, 5.41) is 13.4. The van der Waals surface area contributed by atoms with Crippen LogP contribution < -0.4 is 5.32 Å². The average Bonchev–Trinajstić information content (AvgIpc) is 2.43. The van der Waals surface area contributed by atoms with Crippen LogP contribution in [0.2, 0.25) is 0 Å². The number of aryl methyl sites for hydroxylation is 1. The van der Waals surface area contributed by atoms with Crippen molar-refractivity contribution in [1.29, 1.82) is 0 Å². The zero-order valence-electron chi connectivity index (χ0n) is 12.5. The van der Waals surface area contributed by atoms with E-state index in [1.54, 1.807) is 0 Å². The van der Waals surface area contributed by atoms with Gasteiger partial charge in [-0.15, -0.1) is 0 Å². The maximum Gasteiger partial charge on any atom is 0.0914 e. The minimum atomic E-state index is -0.408. The van der Waals surface area contributed by atoms with Crippen LogP contribution in [0.5, 0.6) is 0 Å². The Morgan fingerprint density at radius 2 is 1.79 bits per heavy atom. The Bertz CT molecular complexity index is 333. The van der Waals surface area contributed by atoms with E-state index in [4.69, 9.17) is 0 Å². The molecule has 0 aliphatic heterocycles. The molecule has 3 nitrogen and oxygen atoms in total. The molecule has 1 aromatic carbocycles. The van der Waals surface area contributed by atoms with Gasteiger partial charge in [-0.25, -0.2) is 0 Å². The first-order chi connectivity index (χ1) is 9.17. The van der Waals surface area contributed by atoms with E-state index >= 15 is 0 Å². The summed E-state index contributed by atoms with van der Waals surface area (Å²) in [4.78, 5) is 2.41. The lowest BCUT2D eigenvalue weighted by atomic mass is 10.1. The van der Waals surface area contributed by atoms with Gasteiger partial charge in [-0.3, -0.25) is 0 Å². The minimum Gasteiger partial charge on any atom is -0.387 e. The quantitative estimate of drug-likeness (QED) is 0.672. The first kappa shape index (κ1) is 16.2. The van der Waals surface area contributed by atoms with Crippen LogP contribution in [0.3, 0.4) is 0 Å². The molecule has 0 heterocycles. The predicted molar refractivity (Wildman–Crippen MR) is 81.4 cm³/mol. The number of aliphatic hydroxyl groups is 1. The largest absolute Gasteiger partial charge is 0.387 e. The summed E-state index contributed by atoms with van der Waals surface area (Å²) >= 11 is 0. The number of aliphatic hydroxyl groups excluding tert-OH is 1. The smallest absolute Gasteiger partial charge is 0.0914 e. The van der Waals surface area contributed by atoms with Gasteiger partial charge in [-0.05, 0) is 45.1 Å². The molecule has 3 heteroatoms. The van der Waals surface area contributed by atoms with Crippen LogP contribution in [0.4, 0.5) is 0 Å². The van der Waals surface area contributed by atoms with E-state index in [1.165, 1.54) is 5.56 Å². The summed E-state index contributed by atoms with van der Waals surface area (Å²) in [5.41, 5.74) is 2.21. The van der Waals surface area contributed by atoms with E-state index < -0.39 is 6.10 Å². The third-order valence-electron chi connectivity index (χ3n) is 3.52. The van der Waals surface area contributed by atoms with E-state index in [0.29, 0.717) is 6.54 Å². The molecule has 0 radical (unpaired) electrons. The van der Waals surface area contributed by atoms with Gasteiger partial charge >= 0.3 is 0 Å². The lowest BCUT2D eigenvalue weighted by Gasteiger charge is -2.18. The van der Waals surface area contributed by atoms with Crippen LogP contribution in [0, 0.1) is 6.92 Å². The normalized spacial score (nSPS) is 12.9. The fourth-order valence-corrected chi connectivity index (χ4v) is 2.11. The van der Waals surface area contributed by atoms with Crippen molar-refractivity contribution in [2.45, 2.75) is 33.3 Å². The van der Waals surface area contributed by atoms with E-state index in [-0.39, 0.29) is 0 Å². The van der Waals surface area contributed by atoms with E-state index in [2.05, 4.69) is 31.0 Å². The SMILES string of the molecule is CCN(CC)CCCNCC(O)c1ccc(C)cc1. The Morgan fingerprint density at radius 1 is 1.16 bits per heavy atom. The van der Waals surface area contributed by atoms with Gasteiger partial charge in [-0.1, -0.05) is 43.7 Å². The summed E-state index contributed by atoms with van der Waals surface area (Å²) in [6.45, 7) is 11.4. The second-order valence-electron chi connectivity index (χ2n) is 5.01. The molecule has 0 fully saturated rings. The monoisotopic (exact) mass is 264 g/mol. The van der Waals surface area contributed by atoms with Gasteiger partial charge < -0.3 is 15.3 Å². The van der Waals surface area contributed by atoms with Crippen LogP contribution >= 0.6 is 0 Å². The summed E-state index contributed by atoms with van der Waals surface area (Å²) in [6, 6.07) is 8.08. The third kappa shape index (κ3) is 6.19. The van der Waals surface area contributed by atoms with Crippen LogP contribution in [-0.2, 0) is 0 Å². The van der Waals surface area contributed by atoms with Crippen molar-refractivity contribution >= 4 is 0 Å². The van der Waals surface area contributed by atoms with Crippen molar-refractivity contribution in [3.63, 3.8) is 0 Å². The molecule has 1 rings (SSSR count). The fraction of sp³-hybridized carbons (Fsp3) is 0.625. The number of hydrogen-bond donors (Lipinski definition) is 2. The molecule has 0 amide bonds. The van der Waals surface area contributed by atoms with Crippen molar-refractivity contribution in [2.24, 2.45) is 0 Å². The summed E-state index contributed by atoms with van der Waals surface area (Å²) in [6.07, 6.45) is 0.719. The van der Waals surface area contributed by atoms with E-state index in [1.807, 2.05) is 24.3 Å². The van der Waals surface area contributed by atoms with Crippen LogP contribution in [0.25, 0.3) is 0 Å². The van der Waals surface area contributed by atoms with Crippen molar-refractivity contribution in [1.82, 2.24) is 10.2 Å². The molecule has 0 saturated heterocycles. The Kier molecular flexibility index (Phi) is 7.72. The number of hydrogen-bond acceptors (Lipinski definition) is 3. The van der Waals surface area contributed by atoms with Gasteiger partial charge in [-0.2, -0.15) is 0 Å². The van der Waals surface area contributed by atoms with Crippen molar-refractivity contribution in [3.8, 4) is 0 Å². The van der Waals surface area contributed by atoms with Gasteiger partial charge in [0.25, 0.3) is 0 Å². The first-order valence-electron chi connectivity index (χ1n) is 7.35. The molecular weight excluding hydrogens is 236 g/mol. The van der Waals surface area contributed by atoms with Crippen molar-refractivity contribution < 1.29 is 5.11 Å². The molecule has 1 unspecified atom stereocenters. The summed E-state index contributed by atoms with van der Waals surface area (Å²) in [5.74, 6) is 0. The van der Waals surface area contributed by atoms with Gasteiger partial charge in [0.1, 0.15) is 0 Å². The van der Waals surface area contributed by atoms with Crippen LogP contribution in [0.1, 0.15) is 37.5 Å². The van der Waals surface area contributed by atoms with Crippen molar-refractivity contribution in [2.75, 3.05) is 32.7 Å². The van der Waals surface area contributed by atoms with Gasteiger partial charge in [0.15, 0.2) is 0 Å². The Hall–Kier alpha value is -0.900. The molecule has 108 valence electrons. The minimum absolute atomic E-state index is 0.408. The number of nitrogens with zero attached hydrogens (tertiary/aromatic N) is 1. The van der Waals surface area contributed by atoms with Crippen LogP contribution in [0.15, 0.2) is 24.3 Å². The highest BCUT2D eigenvalue weighted by Gasteiger charge is 2.06. The lowest BCUT2D eigenvalue weighted by Crippen LogP contribution is -2.28. The number of benzene rings is 1. The molecule has 1 aromatic rings. The molecule has 0 saturated carbocycles. The summed E-state index contributed by atoms with van der Waals surface area (Å²) < 4.78 is 0. The zero-order valence-corrected chi connectivity index (χ0v) is 12.5. The highest BCUT2D eigenvalue weighted by molar-refractivity contribution is 5.23. The van der Waals surface area contributed by atoms with Crippen LogP contribution in [-0.4, -0.2) is 42.7 Å². The highest BCUT2D eigenvalue weighted by Crippen LogP contribution is 2.12. The third-order valence-corrected chi connectivity index (χ3v) is 3.52. The maximum atomic E-state index is 10.0. The summed E-state index contributed by atoms with van der Waals surface area (Å²) in [7, 11) is 0. The molecule has 19 heavy (non-hydrogen) atoms. The Labute approximate surface area is 117 Å². The second-order valence-corrected chi connectivity index (χ2v) is 5.01. The van der Waals surface area contributed by atoms with Gasteiger partial charge in [0.05, 0.1) is 6.10 Å². The molecule has 2 N–H and O–H groups in total. The Balaban J connectivity index is 2.17. The predicted octanol–water partition coefficient (Wildman–Crippen LogP) is 2.35. The maximum absolute atomic E-state index is 10.0. The molecule has 0 spiro atoms.